The van der Waals surface area contributed by atoms with Crippen LogP contribution in [0.25, 0.3) is 5.57 Å². The third kappa shape index (κ3) is 2.70. The fourth-order valence-corrected chi connectivity index (χ4v) is 4.02. The van der Waals surface area contributed by atoms with Gasteiger partial charge in [-0.1, -0.05) is 6.08 Å². The van der Waals surface area contributed by atoms with Gasteiger partial charge >= 0.3 is 5.97 Å². The number of phenolic OH excluding ortho intramolecular Hbond substituents is 2. The van der Waals surface area contributed by atoms with Crippen molar-refractivity contribution in [3.63, 3.8) is 0 Å². The van der Waals surface area contributed by atoms with Crippen molar-refractivity contribution < 1.29 is 24.5 Å². The molecule has 0 aliphatic carbocycles. The number of carbonyl (C=O) groups excluding carboxylic acids is 1. The van der Waals surface area contributed by atoms with E-state index in [1.54, 1.807) is 13.8 Å². The zero-order chi connectivity index (χ0) is 19.3. The maximum absolute atomic E-state index is 12.7. The number of esters is 1. The molecule has 0 bridgehead atoms. The van der Waals surface area contributed by atoms with Crippen LogP contribution < -0.4 is 9.47 Å². The minimum atomic E-state index is -0.620. The summed E-state index contributed by atoms with van der Waals surface area (Å²) in [5.41, 5.74) is 2.49. The molecule has 2 aromatic carbocycles. The molecule has 0 radical (unpaired) electrons. The lowest BCUT2D eigenvalue weighted by Gasteiger charge is -2.18. The Morgan fingerprint density at radius 3 is 2.35 bits per heavy atom. The van der Waals surface area contributed by atoms with Crippen LogP contribution >= 0.6 is 31.9 Å². The molecule has 26 heavy (non-hydrogen) atoms. The highest BCUT2D eigenvalue weighted by atomic mass is 79.9. The van der Waals surface area contributed by atoms with E-state index in [1.165, 1.54) is 6.07 Å². The molecule has 1 aliphatic rings. The van der Waals surface area contributed by atoms with E-state index in [1.807, 2.05) is 19.9 Å². The molecule has 0 saturated carbocycles. The zero-order valence-electron chi connectivity index (χ0n) is 14.5. The number of ether oxygens (including phenoxy) is 2. The van der Waals surface area contributed by atoms with Crippen LogP contribution in [-0.4, -0.2) is 16.2 Å². The van der Waals surface area contributed by atoms with Crippen LogP contribution in [0.2, 0.25) is 0 Å². The van der Waals surface area contributed by atoms with Crippen molar-refractivity contribution in [3.05, 3.63) is 43.3 Å². The van der Waals surface area contributed by atoms with E-state index in [2.05, 4.69) is 31.9 Å². The SMILES string of the molecule is CC=C(C)c1c(Br)c(O)c(C)c2c1Oc1c(Br)c(O)cc(C)c1C(=O)O2. The Labute approximate surface area is 167 Å². The summed E-state index contributed by atoms with van der Waals surface area (Å²) in [7, 11) is 0. The van der Waals surface area contributed by atoms with Gasteiger partial charge in [0.15, 0.2) is 17.2 Å². The molecule has 2 N–H and O–H groups in total. The number of carbonyl (C=O) groups is 1. The third-order valence-electron chi connectivity index (χ3n) is 4.39. The molecule has 136 valence electrons. The van der Waals surface area contributed by atoms with Gasteiger partial charge in [0.1, 0.15) is 21.5 Å². The predicted octanol–water partition coefficient (Wildman–Crippen LogP) is 5.99. The number of fused-ring (bicyclic) bond motifs is 2. The van der Waals surface area contributed by atoms with Gasteiger partial charge < -0.3 is 19.7 Å². The number of benzene rings is 2. The molecule has 0 aromatic heterocycles. The number of allylic oxidation sites excluding steroid dienone is 2. The molecule has 0 fully saturated rings. The van der Waals surface area contributed by atoms with E-state index in [4.69, 9.17) is 9.47 Å². The second-order valence-corrected chi connectivity index (χ2v) is 7.60. The van der Waals surface area contributed by atoms with Crippen molar-refractivity contribution in [1.82, 2.24) is 0 Å². The molecule has 1 aliphatic heterocycles. The molecular formula is C19H16Br2O5. The van der Waals surface area contributed by atoms with Crippen molar-refractivity contribution in [1.29, 1.82) is 0 Å². The lowest BCUT2D eigenvalue weighted by atomic mass is 10.0. The molecule has 0 atom stereocenters. The molecule has 0 unspecified atom stereocenters. The Morgan fingerprint density at radius 1 is 1.08 bits per heavy atom. The van der Waals surface area contributed by atoms with E-state index in [9.17, 15) is 15.0 Å². The van der Waals surface area contributed by atoms with Crippen LogP contribution in [0.15, 0.2) is 21.1 Å². The van der Waals surface area contributed by atoms with Crippen LogP contribution in [0.5, 0.6) is 28.7 Å². The fraction of sp³-hybridized carbons (Fsp3) is 0.211. The largest absolute Gasteiger partial charge is 0.507 e. The lowest BCUT2D eigenvalue weighted by molar-refractivity contribution is 0.0735. The highest BCUT2D eigenvalue weighted by Crippen LogP contribution is 2.53. The first-order valence-electron chi connectivity index (χ1n) is 7.79. The quantitative estimate of drug-likeness (QED) is 0.385. The van der Waals surface area contributed by atoms with Gasteiger partial charge in [-0.3, -0.25) is 0 Å². The van der Waals surface area contributed by atoms with E-state index >= 15 is 0 Å². The predicted molar refractivity (Wildman–Crippen MR) is 105 cm³/mol. The van der Waals surface area contributed by atoms with E-state index in [0.717, 1.165) is 5.57 Å². The summed E-state index contributed by atoms with van der Waals surface area (Å²) < 4.78 is 12.4. The van der Waals surface area contributed by atoms with Crippen LogP contribution in [0.3, 0.4) is 0 Å². The first-order chi connectivity index (χ1) is 12.2. The Bertz CT molecular complexity index is 993. The van der Waals surface area contributed by atoms with Gasteiger partial charge in [0, 0.05) is 11.1 Å². The highest BCUT2D eigenvalue weighted by molar-refractivity contribution is 9.11. The minimum absolute atomic E-state index is 0.0269. The summed E-state index contributed by atoms with van der Waals surface area (Å²) in [6.07, 6.45) is 1.86. The van der Waals surface area contributed by atoms with Gasteiger partial charge in [0.05, 0.1) is 4.47 Å². The fourth-order valence-electron chi connectivity index (χ4n) is 2.83. The summed E-state index contributed by atoms with van der Waals surface area (Å²) in [6, 6.07) is 1.46. The number of aromatic hydroxyl groups is 2. The van der Waals surface area contributed by atoms with Gasteiger partial charge in [-0.15, -0.1) is 0 Å². The van der Waals surface area contributed by atoms with E-state index in [-0.39, 0.29) is 33.0 Å². The van der Waals surface area contributed by atoms with Crippen molar-refractivity contribution in [2.75, 3.05) is 0 Å². The van der Waals surface area contributed by atoms with E-state index in [0.29, 0.717) is 26.9 Å². The first kappa shape index (κ1) is 18.8. The van der Waals surface area contributed by atoms with Crippen LogP contribution in [0.4, 0.5) is 0 Å². The molecule has 5 nitrogen and oxygen atoms in total. The monoisotopic (exact) mass is 482 g/mol. The molecular weight excluding hydrogens is 468 g/mol. The average molecular weight is 484 g/mol. The van der Waals surface area contributed by atoms with Crippen molar-refractivity contribution in [2.24, 2.45) is 0 Å². The molecule has 0 spiro atoms. The lowest BCUT2D eigenvalue weighted by Crippen LogP contribution is -2.10. The summed E-state index contributed by atoms with van der Waals surface area (Å²) in [5, 5.41) is 20.6. The second-order valence-electron chi connectivity index (χ2n) is 6.01. The molecule has 0 amide bonds. The van der Waals surface area contributed by atoms with Gasteiger partial charge in [0.25, 0.3) is 0 Å². The topological polar surface area (TPSA) is 76.0 Å². The number of aryl methyl sites for hydroxylation is 1. The molecule has 3 rings (SSSR count). The summed E-state index contributed by atoms with van der Waals surface area (Å²) in [6.45, 7) is 7.03. The van der Waals surface area contributed by atoms with Crippen LogP contribution in [0, 0.1) is 13.8 Å². The van der Waals surface area contributed by atoms with Gasteiger partial charge in [-0.2, -0.15) is 0 Å². The smallest absolute Gasteiger partial charge is 0.347 e. The molecule has 2 aromatic rings. The summed E-state index contributed by atoms with van der Waals surface area (Å²) in [4.78, 5) is 12.7. The number of halogens is 2. The van der Waals surface area contributed by atoms with Crippen LogP contribution in [0.1, 0.15) is 40.9 Å². The molecule has 0 saturated heterocycles. The summed E-state index contributed by atoms with van der Waals surface area (Å²) in [5.74, 6) is -0.0778. The van der Waals surface area contributed by atoms with Crippen molar-refractivity contribution >= 4 is 43.4 Å². The maximum Gasteiger partial charge on any atom is 0.347 e. The second kappa shape index (κ2) is 6.63. The number of rotatable bonds is 1. The van der Waals surface area contributed by atoms with Gasteiger partial charge in [-0.05, 0) is 76.8 Å². The van der Waals surface area contributed by atoms with Gasteiger partial charge in [-0.25, -0.2) is 4.79 Å². The Morgan fingerprint density at radius 2 is 1.73 bits per heavy atom. The Balaban J connectivity index is 2.44. The van der Waals surface area contributed by atoms with Gasteiger partial charge in [0.2, 0.25) is 0 Å². The first-order valence-corrected chi connectivity index (χ1v) is 9.38. The Kier molecular flexibility index (Phi) is 4.79. The number of phenols is 2. The number of hydrogen-bond acceptors (Lipinski definition) is 5. The normalized spacial score (nSPS) is 13.5. The molecule has 1 heterocycles. The minimum Gasteiger partial charge on any atom is -0.507 e. The van der Waals surface area contributed by atoms with Crippen molar-refractivity contribution in [3.8, 4) is 28.7 Å². The Hall–Kier alpha value is -1.99. The third-order valence-corrected chi connectivity index (χ3v) is 5.92. The summed E-state index contributed by atoms with van der Waals surface area (Å²) >= 11 is 6.69. The highest BCUT2D eigenvalue weighted by Gasteiger charge is 2.33. The standard InChI is InChI=1S/C19H16Br2O5/c1-5-7(2)11-14(21)15(23)9(4)16-18(11)25-17-12(19(24)26-16)8(3)6-10(22)13(17)20/h5-6,22-23H,1-4H3. The molecule has 7 heteroatoms. The van der Waals surface area contributed by atoms with E-state index < -0.39 is 5.97 Å². The average Bonchev–Trinajstić information content (AvgIpc) is 2.75. The zero-order valence-corrected chi connectivity index (χ0v) is 17.7. The number of hydrogen-bond donors (Lipinski definition) is 2. The van der Waals surface area contributed by atoms with Crippen molar-refractivity contribution in [2.45, 2.75) is 27.7 Å². The van der Waals surface area contributed by atoms with Crippen LogP contribution in [-0.2, 0) is 0 Å². The maximum atomic E-state index is 12.7.